The van der Waals surface area contributed by atoms with Gasteiger partial charge in [-0.05, 0) is 13.0 Å². The van der Waals surface area contributed by atoms with E-state index in [9.17, 15) is 0 Å². The summed E-state index contributed by atoms with van der Waals surface area (Å²) in [6.07, 6.45) is 17.6. The molecule has 0 aliphatic carbocycles. The van der Waals surface area contributed by atoms with Gasteiger partial charge in [0.15, 0.2) is 0 Å². The van der Waals surface area contributed by atoms with Crippen LogP contribution in [0, 0.1) is 0 Å². The molecule has 0 saturated heterocycles. The van der Waals surface area contributed by atoms with Crippen molar-refractivity contribution in [3.63, 3.8) is 0 Å². The van der Waals surface area contributed by atoms with Crippen molar-refractivity contribution in [2.75, 3.05) is 13.1 Å². The standard InChI is InChI=1S/C16H32N4/c1-2-3-4-5-6-7-8-9-10-11-12-17-13-15-20-16-14-18-19-20/h14,16-17H,2-13,15H2,1H3. The van der Waals surface area contributed by atoms with Gasteiger partial charge >= 0.3 is 0 Å². The van der Waals surface area contributed by atoms with Crippen LogP contribution >= 0.6 is 0 Å². The van der Waals surface area contributed by atoms with Crippen LogP contribution in [0.1, 0.15) is 71.1 Å². The molecule has 1 N–H and O–H groups in total. The minimum Gasteiger partial charge on any atom is -0.315 e. The fourth-order valence-corrected chi connectivity index (χ4v) is 2.41. The molecule has 0 bridgehead atoms. The first kappa shape index (κ1) is 17.2. The van der Waals surface area contributed by atoms with Crippen molar-refractivity contribution in [3.05, 3.63) is 12.4 Å². The van der Waals surface area contributed by atoms with E-state index in [-0.39, 0.29) is 0 Å². The first-order valence-electron chi connectivity index (χ1n) is 8.48. The highest BCUT2D eigenvalue weighted by atomic mass is 15.4. The van der Waals surface area contributed by atoms with Crippen LogP contribution in [0.4, 0.5) is 0 Å². The third-order valence-corrected chi connectivity index (χ3v) is 3.70. The van der Waals surface area contributed by atoms with Crippen molar-refractivity contribution >= 4 is 0 Å². The lowest BCUT2D eigenvalue weighted by molar-refractivity contribution is 0.515. The Morgan fingerprint density at radius 1 is 0.850 bits per heavy atom. The predicted molar refractivity (Wildman–Crippen MR) is 84.7 cm³/mol. The van der Waals surface area contributed by atoms with Gasteiger partial charge in [0.25, 0.3) is 0 Å². The lowest BCUT2D eigenvalue weighted by Gasteiger charge is -2.05. The summed E-state index contributed by atoms with van der Waals surface area (Å²) >= 11 is 0. The molecule has 1 heterocycles. The highest BCUT2D eigenvalue weighted by molar-refractivity contribution is 4.64. The summed E-state index contributed by atoms with van der Waals surface area (Å²) < 4.78 is 1.87. The Hall–Kier alpha value is -0.900. The van der Waals surface area contributed by atoms with Gasteiger partial charge in [0.1, 0.15) is 0 Å². The van der Waals surface area contributed by atoms with Crippen LogP contribution in [-0.4, -0.2) is 28.1 Å². The maximum absolute atomic E-state index is 3.94. The Morgan fingerprint density at radius 3 is 2.10 bits per heavy atom. The second-order valence-electron chi connectivity index (χ2n) is 5.60. The SMILES string of the molecule is CCCCCCCCCCCCNCCn1ccnn1. The maximum Gasteiger partial charge on any atom is 0.0692 e. The number of aromatic nitrogens is 3. The Morgan fingerprint density at radius 2 is 1.50 bits per heavy atom. The molecule has 0 amide bonds. The Kier molecular flexibility index (Phi) is 11.2. The monoisotopic (exact) mass is 280 g/mol. The molecule has 1 aromatic heterocycles. The first-order chi connectivity index (χ1) is 9.93. The van der Waals surface area contributed by atoms with Gasteiger partial charge in [-0.2, -0.15) is 0 Å². The summed E-state index contributed by atoms with van der Waals surface area (Å²) in [4.78, 5) is 0. The van der Waals surface area contributed by atoms with Crippen molar-refractivity contribution in [1.29, 1.82) is 0 Å². The fraction of sp³-hybridized carbons (Fsp3) is 0.875. The van der Waals surface area contributed by atoms with E-state index in [1.807, 2.05) is 10.9 Å². The molecule has 4 nitrogen and oxygen atoms in total. The average molecular weight is 280 g/mol. The lowest BCUT2D eigenvalue weighted by atomic mass is 10.1. The van der Waals surface area contributed by atoms with Crippen molar-refractivity contribution in [2.24, 2.45) is 0 Å². The summed E-state index contributed by atoms with van der Waals surface area (Å²) in [7, 11) is 0. The third-order valence-electron chi connectivity index (χ3n) is 3.70. The summed E-state index contributed by atoms with van der Waals surface area (Å²) in [5, 5.41) is 11.2. The van der Waals surface area contributed by atoms with Crippen LogP contribution in [0.3, 0.4) is 0 Å². The summed E-state index contributed by atoms with van der Waals surface area (Å²) in [6.45, 7) is 5.31. The Bertz CT molecular complexity index is 285. The van der Waals surface area contributed by atoms with Gasteiger partial charge in [-0.1, -0.05) is 69.9 Å². The van der Waals surface area contributed by atoms with Gasteiger partial charge in [-0.3, -0.25) is 4.68 Å². The first-order valence-corrected chi connectivity index (χ1v) is 8.48. The number of nitrogens with zero attached hydrogens (tertiary/aromatic N) is 3. The summed E-state index contributed by atoms with van der Waals surface area (Å²) in [6, 6.07) is 0. The van der Waals surface area contributed by atoms with E-state index in [2.05, 4.69) is 22.6 Å². The highest BCUT2D eigenvalue weighted by Crippen LogP contribution is 2.10. The molecular weight excluding hydrogens is 248 g/mol. The molecule has 0 fully saturated rings. The van der Waals surface area contributed by atoms with E-state index in [0.29, 0.717) is 0 Å². The van der Waals surface area contributed by atoms with Crippen molar-refractivity contribution in [1.82, 2.24) is 20.3 Å². The zero-order valence-electron chi connectivity index (χ0n) is 13.2. The quantitative estimate of drug-likeness (QED) is 0.527. The van der Waals surface area contributed by atoms with Crippen molar-refractivity contribution in [2.45, 2.75) is 77.7 Å². The van der Waals surface area contributed by atoms with Gasteiger partial charge in [-0.15, -0.1) is 5.10 Å². The van der Waals surface area contributed by atoms with Crippen LogP contribution in [0.2, 0.25) is 0 Å². The van der Waals surface area contributed by atoms with Crippen LogP contribution in [0.15, 0.2) is 12.4 Å². The molecule has 20 heavy (non-hydrogen) atoms. The molecule has 116 valence electrons. The highest BCUT2D eigenvalue weighted by Gasteiger charge is 1.94. The van der Waals surface area contributed by atoms with Crippen molar-refractivity contribution in [3.8, 4) is 0 Å². The number of nitrogens with one attached hydrogen (secondary N) is 1. The van der Waals surface area contributed by atoms with Crippen LogP contribution in [0.25, 0.3) is 0 Å². The van der Waals surface area contributed by atoms with Gasteiger partial charge < -0.3 is 5.32 Å². The molecule has 0 unspecified atom stereocenters. The van der Waals surface area contributed by atoms with Crippen LogP contribution < -0.4 is 5.32 Å². The maximum atomic E-state index is 3.94. The molecule has 0 aliphatic heterocycles. The minimum atomic E-state index is 0.914. The zero-order valence-corrected chi connectivity index (χ0v) is 13.2. The summed E-state index contributed by atoms with van der Waals surface area (Å²) in [5.41, 5.74) is 0. The summed E-state index contributed by atoms with van der Waals surface area (Å²) in [5.74, 6) is 0. The van der Waals surface area contributed by atoms with E-state index in [1.165, 1.54) is 64.2 Å². The zero-order chi connectivity index (χ0) is 14.3. The van der Waals surface area contributed by atoms with Crippen LogP contribution in [0.5, 0.6) is 0 Å². The number of hydrogen-bond donors (Lipinski definition) is 1. The molecule has 0 aromatic carbocycles. The predicted octanol–water partition coefficient (Wildman–Crippen LogP) is 3.79. The molecule has 0 saturated carbocycles. The largest absolute Gasteiger partial charge is 0.315 e. The topological polar surface area (TPSA) is 42.7 Å². The van der Waals surface area contributed by atoms with Gasteiger partial charge in [-0.25, -0.2) is 0 Å². The Labute approximate surface area is 124 Å². The molecular formula is C16H32N4. The molecule has 1 rings (SSSR count). The molecule has 0 spiro atoms. The van der Waals surface area contributed by atoms with E-state index >= 15 is 0 Å². The number of rotatable bonds is 14. The fourth-order valence-electron chi connectivity index (χ4n) is 2.41. The van der Waals surface area contributed by atoms with Gasteiger partial charge in [0.05, 0.1) is 12.7 Å². The molecule has 0 atom stereocenters. The molecule has 1 aromatic rings. The van der Waals surface area contributed by atoms with E-state index in [1.54, 1.807) is 6.20 Å². The molecule has 0 aliphatic rings. The van der Waals surface area contributed by atoms with Gasteiger partial charge in [0, 0.05) is 12.7 Å². The lowest BCUT2D eigenvalue weighted by Crippen LogP contribution is -2.21. The molecule has 4 heteroatoms. The van der Waals surface area contributed by atoms with Crippen LogP contribution in [-0.2, 0) is 6.54 Å². The smallest absolute Gasteiger partial charge is 0.0692 e. The third kappa shape index (κ3) is 9.96. The van der Waals surface area contributed by atoms with Gasteiger partial charge in [0.2, 0.25) is 0 Å². The number of hydrogen-bond acceptors (Lipinski definition) is 3. The van der Waals surface area contributed by atoms with E-state index in [0.717, 1.165) is 19.6 Å². The second-order valence-corrected chi connectivity index (χ2v) is 5.60. The normalized spacial score (nSPS) is 11.1. The van der Waals surface area contributed by atoms with E-state index in [4.69, 9.17) is 0 Å². The van der Waals surface area contributed by atoms with E-state index < -0.39 is 0 Å². The van der Waals surface area contributed by atoms with Crippen molar-refractivity contribution < 1.29 is 0 Å². The minimum absolute atomic E-state index is 0.914. The Balaban J connectivity index is 1.70. The molecule has 0 radical (unpaired) electrons. The average Bonchev–Trinajstić information content (AvgIpc) is 2.97. The number of unbranched alkanes of at least 4 members (excludes halogenated alkanes) is 9. The second kappa shape index (κ2) is 13.1.